The third kappa shape index (κ3) is 2.79. The summed E-state index contributed by atoms with van der Waals surface area (Å²) in [5.41, 5.74) is 0. The van der Waals surface area contributed by atoms with Gasteiger partial charge in [-0.15, -0.1) is 0 Å². The largest absolute Gasteiger partial charge is 0.327 e. The van der Waals surface area contributed by atoms with Gasteiger partial charge >= 0.3 is 0 Å². The fourth-order valence-electron chi connectivity index (χ4n) is 3.05. The zero-order chi connectivity index (χ0) is 12.3. The van der Waals surface area contributed by atoms with Crippen molar-refractivity contribution in [1.29, 1.82) is 0 Å². The van der Waals surface area contributed by atoms with Crippen LogP contribution < -0.4 is 5.32 Å². The van der Waals surface area contributed by atoms with Gasteiger partial charge in [-0.3, -0.25) is 10.1 Å². The van der Waals surface area contributed by atoms with E-state index >= 15 is 0 Å². The van der Waals surface area contributed by atoms with E-state index in [0.29, 0.717) is 10.7 Å². The molecule has 98 valence electrons. The molecule has 1 saturated carbocycles. The van der Waals surface area contributed by atoms with Gasteiger partial charge in [-0.05, 0) is 25.5 Å². The van der Waals surface area contributed by atoms with Crippen LogP contribution in [0.3, 0.4) is 0 Å². The number of rotatable bonds is 5. The molecule has 1 N–H and O–H groups in total. The molecule has 0 aromatic carbocycles. The molecule has 2 fully saturated rings. The predicted molar refractivity (Wildman–Crippen MR) is 73.1 cm³/mol. The zero-order valence-corrected chi connectivity index (χ0v) is 11.8. The lowest BCUT2D eigenvalue weighted by molar-refractivity contribution is -0.129. The molecule has 4 heteroatoms. The van der Waals surface area contributed by atoms with Crippen molar-refractivity contribution in [2.45, 2.75) is 56.2 Å². The maximum absolute atomic E-state index is 12.2. The minimum absolute atomic E-state index is 0.0836. The molecule has 0 bridgehead atoms. The lowest BCUT2D eigenvalue weighted by Crippen LogP contribution is -2.41. The molecule has 17 heavy (non-hydrogen) atoms. The Morgan fingerprint density at radius 1 is 1.47 bits per heavy atom. The van der Waals surface area contributed by atoms with Crippen LogP contribution in [0, 0.1) is 0 Å². The number of hydrogen-bond donors (Lipinski definition) is 1. The van der Waals surface area contributed by atoms with Crippen molar-refractivity contribution in [1.82, 2.24) is 10.2 Å². The molecule has 1 unspecified atom stereocenters. The van der Waals surface area contributed by atoms with Gasteiger partial charge in [-0.1, -0.05) is 26.2 Å². The van der Waals surface area contributed by atoms with E-state index in [1.807, 2.05) is 16.7 Å². The van der Waals surface area contributed by atoms with Crippen LogP contribution in [0.2, 0.25) is 0 Å². The standard InChI is InChI=1S/C13H24N2OS/c1-3-6-11-12(16)15(10-14-11)9-13(17-2)7-4-5-8-13/h11,14H,3-10H2,1-2H3. The summed E-state index contributed by atoms with van der Waals surface area (Å²) in [6.45, 7) is 3.84. The average Bonchev–Trinajstić information content (AvgIpc) is 2.92. The van der Waals surface area contributed by atoms with Crippen LogP contribution in [0.15, 0.2) is 0 Å². The molecule has 2 rings (SSSR count). The Kier molecular flexibility index (Phi) is 4.36. The molecule has 3 nitrogen and oxygen atoms in total. The first-order valence-corrected chi connectivity index (χ1v) is 8.00. The molecular weight excluding hydrogens is 232 g/mol. The Labute approximate surface area is 109 Å². The highest BCUT2D eigenvalue weighted by Gasteiger charge is 2.39. The Morgan fingerprint density at radius 2 is 2.18 bits per heavy atom. The fraction of sp³-hybridized carbons (Fsp3) is 0.923. The van der Waals surface area contributed by atoms with E-state index in [-0.39, 0.29) is 6.04 Å². The summed E-state index contributed by atoms with van der Waals surface area (Å²) < 4.78 is 0.346. The van der Waals surface area contributed by atoms with Gasteiger partial charge in [-0.2, -0.15) is 11.8 Å². The number of amides is 1. The van der Waals surface area contributed by atoms with Crippen molar-refractivity contribution in [3.63, 3.8) is 0 Å². The van der Waals surface area contributed by atoms with E-state index in [1.165, 1.54) is 25.7 Å². The third-order valence-corrected chi connectivity index (χ3v) is 5.55. The number of nitrogens with one attached hydrogen (secondary N) is 1. The van der Waals surface area contributed by atoms with E-state index in [2.05, 4.69) is 18.5 Å². The van der Waals surface area contributed by atoms with Crippen molar-refractivity contribution >= 4 is 17.7 Å². The van der Waals surface area contributed by atoms with Crippen molar-refractivity contribution in [3.05, 3.63) is 0 Å². The first kappa shape index (κ1) is 13.2. The molecular formula is C13H24N2OS. The van der Waals surface area contributed by atoms with Gasteiger partial charge in [0.25, 0.3) is 0 Å². The number of thioether (sulfide) groups is 1. The Bertz CT molecular complexity index is 277. The van der Waals surface area contributed by atoms with Crippen LogP contribution in [-0.4, -0.2) is 41.1 Å². The third-order valence-electron chi connectivity index (χ3n) is 4.14. The number of nitrogens with zero attached hydrogens (tertiary/aromatic N) is 1. The van der Waals surface area contributed by atoms with Gasteiger partial charge in [0.2, 0.25) is 5.91 Å². The minimum atomic E-state index is 0.0836. The molecule has 0 radical (unpaired) electrons. The van der Waals surface area contributed by atoms with Crippen LogP contribution in [0.1, 0.15) is 45.4 Å². The van der Waals surface area contributed by atoms with Crippen LogP contribution in [-0.2, 0) is 4.79 Å². The second-order valence-corrected chi connectivity index (χ2v) is 6.61. The van der Waals surface area contributed by atoms with Crippen LogP contribution >= 0.6 is 11.8 Å². The first-order chi connectivity index (χ1) is 8.21. The van der Waals surface area contributed by atoms with E-state index in [0.717, 1.165) is 26.1 Å². The lowest BCUT2D eigenvalue weighted by Gasteiger charge is -2.31. The molecule has 1 saturated heterocycles. The summed E-state index contributed by atoms with van der Waals surface area (Å²) in [6.07, 6.45) is 9.45. The van der Waals surface area contributed by atoms with Crippen molar-refractivity contribution in [3.8, 4) is 0 Å². The van der Waals surface area contributed by atoms with Crippen molar-refractivity contribution in [2.75, 3.05) is 19.5 Å². The smallest absolute Gasteiger partial charge is 0.240 e. The normalized spacial score (nSPS) is 28.0. The number of carbonyl (C=O) groups is 1. The molecule has 1 heterocycles. The van der Waals surface area contributed by atoms with Crippen LogP contribution in [0.4, 0.5) is 0 Å². The molecule has 0 spiro atoms. The fourth-order valence-corrected chi connectivity index (χ4v) is 4.03. The summed E-state index contributed by atoms with van der Waals surface area (Å²) >= 11 is 1.96. The monoisotopic (exact) mass is 256 g/mol. The second-order valence-electron chi connectivity index (χ2n) is 5.33. The van der Waals surface area contributed by atoms with E-state index < -0.39 is 0 Å². The summed E-state index contributed by atoms with van der Waals surface area (Å²) in [5, 5.41) is 3.34. The van der Waals surface area contributed by atoms with Crippen LogP contribution in [0.5, 0.6) is 0 Å². The van der Waals surface area contributed by atoms with E-state index in [9.17, 15) is 4.79 Å². The Morgan fingerprint density at radius 3 is 2.76 bits per heavy atom. The molecule has 1 atom stereocenters. The highest BCUT2D eigenvalue weighted by Crippen LogP contribution is 2.41. The highest BCUT2D eigenvalue weighted by atomic mass is 32.2. The summed E-state index contributed by atoms with van der Waals surface area (Å²) in [4.78, 5) is 14.2. The van der Waals surface area contributed by atoms with Gasteiger partial charge in [0.1, 0.15) is 0 Å². The molecule has 2 aliphatic rings. The average molecular weight is 256 g/mol. The molecule has 1 aliphatic carbocycles. The highest BCUT2D eigenvalue weighted by molar-refractivity contribution is 8.00. The quantitative estimate of drug-likeness (QED) is 0.818. The first-order valence-electron chi connectivity index (χ1n) is 6.78. The van der Waals surface area contributed by atoms with E-state index in [1.54, 1.807) is 0 Å². The van der Waals surface area contributed by atoms with Crippen molar-refractivity contribution in [2.24, 2.45) is 0 Å². The van der Waals surface area contributed by atoms with Crippen molar-refractivity contribution < 1.29 is 4.79 Å². The number of carbonyl (C=O) groups excluding carboxylic acids is 1. The number of hydrogen-bond acceptors (Lipinski definition) is 3. The predicted octanol–water partition coefficient (Wildman–Crippen LogP) is 2.22. The van der Waals surface area contributed by atoms with Gasteiger partial charge in [-0.25, -0.2) is 0 Å². The SMILES string of the molecule is CCCC1NCN(CC2(SC)CCCC2)C1=O. The minimum Gasteiger partial charge on any atom is -0.327 e. The van der Waals surface area contributed by atoms with Gasteiger partial charge < -0.3 is 4.90 Å². The second kappa shape index (κ2) is 5.61. The maximum Gasteiger partial charge on any atom is 0.240 e. The summed E-state index contributed by atoms with van der Waals surface area (Å²) in [5.74, 6) is 0.326. The van der Waals surface area contributed by atoms with E-state index in [4.69, 9.17) is 0 Å². The van der Waals surface area contributed by atoms with Gasteiger partial charge in [0.05, 0.1) is 12.7 Å². The van der Waals surface area contributed by atoms with Gasteiger partial charge in [0, 0.05) is 11.3 Å². The Hall–Kier alpha value is -0.220. The van der Waals surface area contributed by atoms with Gasteiger partial charge in [0.15, 0.2) is 0 Å². The zero-order valence-electron chi connectivity index (χ0n) is 11.0. The lowest BCUT2D eigenvalue weighted by atomic mass is 10.1. The molecule has 0 aromatic rings. The topological polar surface area (TPSA) is 32.3 Å². The summed E-state index contributed by atoms with van der Waals surface area (Å²) in [6, 6.07) is 0.0836. The summed E-state index contributed by atoms with van der Waals surface area (Å²) in [7, 11) is 0. The molecule has 0 aromatic heterocycles. The van der Waals surface area contributed by atoms with Crippen LogP contribution in [0.25, 0.3) is 0 Å². The maximum atomic E-state index is 12.2. The molecule has 1 aliphatic heterocycles. The Balaban J connectivity index is 1.93. The molecule has 1 amide bonds.